The molecule has 7 nitrogen and oxygen atoms in total. The zero-order valence-electron chi connectivity index (χ0n) is 13.5. The lowest BCUT2D eigenvalue weighted by Gasteiger charge is -2.18. The average molecular weight is 341 g/mol. The Morgan fingerprint density at radius 3 is 3.08 bits per heavy atom. The molecule has 0 saturated heterocycles. The Balaban J connectivity index is 1.77. The van der Waals surface area contributed by atoms with Gasteiger partial charge in [0.2, 0.25) is 0 Å². The fraction of sp³-hybridized carbons (Fsp3) is 0.235. The summed E-state index contributed by atoms with van der Waals surface area (Å²) in [6.07, 6.45) is 2.86. The largest absolute Gasteiger partial charge is 0.489 e. The van der Waals surface area contributed by atoms with Crippen LogP contribution in [0.25, 0.3) is 11.2 Å². The molecule has 1 aliphatic heterocycles. The van der Waals surface area contributed by atoms with Crippen LogP contribution in [0.3, 0.4) is 0 Å². The van der Waals surface area contributed by atoms with Crippen molar-refractivity contribution in [3.63, 3.8) is 0 Å². The van der Waals surface area contributed by atoms with Gasteiger partial charge in [-0.05, 0) is 25.1 Å². The fourth-order valence-corrected chi connectivity index (χ4v) is 2.73. The van der Waals surface area contributed by atoms with Gasteiger partial charge in [-0.15, -0.1) is 0 Å². The van der Waals surface area contributed by atoms with Crippen molar-refractivity contribution in [3.8, 4) is 5.75 Å². The number of nitrogens with one attached hydrogen (secondary N) is 3. The van der Waals surface area contributed by atoms with Gasteiger partial charge in [0.15, 0.2) is 5.65 Å². The first-order valence-electron chi connectivity index (χ1n) is 7.91. The monoisotopic (exact) mass is 341 g/mol. The Bertz CT molecular complexity index is 955. The first-order chi connectivity index (χ1) is 12.1. The number of aromatic nitrogens is 3. The molecule has 1 unspecified atom stereocenters. The van der Waals surface area contributed by atoms with E-state index in [4.69, 9.17) is 4.74 Å². The number of aromatic amines is 1. The summed E-state index contributed by atoms with van der Waals surface area (Å²) in [5.74, 6) is 0.448. The van der Waals surface area contributed by atoms with Gasteiger partial charge in [-0.2, -0.15) is 0 Å². The van der Waals surface area contributed by atoms with E-state index in [0.29, 0.717) is 46.9 Å². The standard InChI is InChI=1S/C17H16FN5O2/c1-9-5-22-17(24)12-7-20-16-15(12)23-14(8-21-16)19-6-10-4-11(18)2-3-13(10)25-9/h2-4,7-9H,5-6H2,1H3,(H,19,23)(H,20,21)(H,22,24). The number of carbonyl (C=O) groups is 1. The van der Waals surface area contributed by atoms with Gasteiger partial charge in [0, 0.05) is 18.3 Å². The minimum absolute atomic E-state index is 0.258. The number of hydrogen-bond acceptors (Lipinski definition) is 5. The molecule has 3 heterocycles. The molecule has 0 saturated carbocycles. The number of carbonyl (C=O) groups excluding carboxylic acids is 1. The summed E-state index contributed by atoms with van der Waals surface area (Å²) in [5, 5.41) is 5.93. The number of H-pyrrole nitrogens is 1. The van der Waals surface area contributed by atoms with Crippen LogP contribution in [0.1, 0.15) is 22.8 Å². The summed E-state index contributed by atoms with van der Waals surface area (Å²) in [6, 6.07) is 4.35. The molecule has 0 fully saturated rings. The summed E-state index contributed by atoms with van der Waals surface area (Å²) in [7, 11) is 0. The molecule has 1 aliphatic rings. The van der Waals surface area contributed by atoms with Gasteiger partial charge in [0.1, 0.15) is 29.0 Å². The predicted octanol–water partition coefficient (Wildman–Crippen LogP) is 2.22. The second-order valence-corrected chi connectivity index (χ2v) is 5.90. The third-order valence-corrected chi connectivity index (χ3v) is 3.99. The predicted molar refractivity (Wildman–Crippen MR) is 90.0 cm³/mol. The third-order valence-electron chi connectivity index (χ3n) is 3.99. The van der Waals surface area contributed by atoms with E-state index >= 15 is 0 Å². The zero-order chi connectivity index (χ0) is 17.4. The number of ether oxygens (including phenoxy) is 1. The molecule has 1 amide bonds. The van der Waals surface area contributed by atoms with E-state index in [2.05, 4.69) is 25.6 Å². The van der Waals surface area contributed by atoms with Gasteiger partial charge < -0.3 is 20.4 Å². The smallest absolute Gasteiger partial charge is 0.255 e. The minimum atomic E-state index is -0.344. The van der Waals surface area contributed by atoms with Crippen molar-refractivity contribution in [2.24, 2.45) is 0 Å². The molecule has 4 rings (SSSR count). The van der Waals surface area contributed by atoms with Crippen molar-refractivity contribution in [1.29, 1.82) is 0 Å². The zero-order valence-corrected chi connectivity index (χ0v) is 13.5. The van der Waals surface area contributed by atoms with E-state index in [-0.39, 0.29) is 17.8 Å². The van der Waals surface area contributed by atoms with E-state index in [1.807, 2.05) is 6.92 Å². The molecule has 1 atom stereocenters. The average Bonchev–Trinajstić information content (AvgIpc) is 3.02. The molecule has 3 N–H and O–H groups in total. The number of benzene rings is 1. The van der Waals surface area contributed by atoms with Crippen LogP contribution in [0, 0.1) is 5.82 Å². The van der Waals surface area contributed by atoms with Gasteiger partial charge in [0.25, 0.3) is 5.91 Å². The van der Waals surface area contributed by atoms with Crippen molar-refractivity contribution in [2.45, 2.75) is 19.6 Å². The molecule has 2 bridgehead atoms. The van der Waals surface area contributed by atoms with Crippen molar-refractivity contribution in [1.82, 2.24) is 20.3 Å². The second kappa shape index (κ2) is 6.04. The summed E-state index contributed by atoms with van der Waals surface area (Å²) in [6.45, 7) is 2.47. The molecular weight excluding hydrogens is 325 g/mol. The lowest BCUT2D eigenvalue weighted by molar-refractivity contribution is 0.0933. The highest BCUT2D eigenvalue weighted by Crippen LogP contribution is 2.23. The Hall–Kier alpha value is -3.16. The van der Waals surface area contributed by atoms with Crippen LogP contribution in [-0.2, 0) is 6.54 Å². The molecule has 2 aromatic heterocycles. The van der Waals surface area contributed by atoms with Crippen LogP contribution < -0.4 is 15.4 Å². The van der Waals surface area contributed by atoms with E-state index in [1.165, 1.54) is 12.1 Å². The maximum atomic E-state index is 13.6. The number of rotatable bonds is 0. The highest BCUT2D eigenvalue weighted by atomic mass is 19.1. The quantitative estimate of drug-likeness (QED) is 0.583. The number of anilines is 1. The number of halogens is 1. The van der Waals surface area contributed by atoms with Gasteiger partial charge in [-0.25, -0.2) is 14.4 Å². The summed E-state index contributed by atoms with van der Waals surface area (Å²) >= 11 is 0. The molecule has 1 aromatic carbocycles. The minimum Gasteiger partial charge on any atom is -0.489 e. The summed E-state index contributed by atoms with van der Waals surface area (Å²) in [4.78, 5) is 24.0. The fourth-order valence-electron chi connectivity index (χ4n) is 2.73. The maximum absolute atomic E-state index is 13.6. The van der Waals surface area contributed by atoms with E-state index in [9.17, 15) is 9.18 Å². The lowest BCUT2D eigenvalue weighted by Crippen LogP contribution is -2.33. The number of hydrogen-bond donors (Lipinski definition) is 3. The molecule has 128 valence electrons. The molecule has 3 aromatic rings. The van der Waals surface area contributed by atoms with Gasteiger partial charge in [-0.1, -0.05) is 0 Å². The summed E-state index contributed by atoms with van der Waals surface area (Å²) in [5.41, 5.74) is 2.09. The molecule has 8 heteroatoms. The first kappa shape index (κ1) is 15.4. The highest BCUT2D eigenvalue weighted by molar-refractivity contribution is 6.04. The summed E-state index contributed by atoms with van der Waals surface area (Å²) < 4.78 is 19.5. The van der Waals surface area contributed by atoms with E-state index < -0.39 is 0 Å². The van der Waals surface area contributed by atoms with Crippen LogP contribution in [-0.4, -0.2) is 33.5 Å². The highest BCUT2D eigenvalue weighted by Gasteiger charge is 2.18. The molecule has 25 heavy (non-hydrogen) atoms. The SMILES string of the molecule is CC1CNC(=O)c2c[nH]c3ncc(nc23)NCc2cc(F)ccc2O1. The van der Waals surface area contributed by atoms with Crippen molar-refractivity contribution in [3.05, 3.63) is 47.5 Å². The Morgan fingerprint density at radius 1 is 1.32 bits per heavy atom. The Morgan fingerprint density at radius 2 is 2.20 bits per heavy atom. The molecular formula is C17H16FN5O2. The van der Waals surface area contributed by atoms with Crippen LogP contribution in [0.2, 0.25) is 0 Å². The van der Waals surface area contributed by atoms with E-state index in [0.717, 1.165) is 0 Å². The molecule has 0 radical (unpaired) electrons. The third kappa shape index (κ3) is 2.98. The van der Waals surface area contributed by atoms with E-state index in [1.54, 1.807) is 18.5 Å². The van der Waals surface area contributed by atoms with Crippen LogP contribution in [0.4, 0.5) is 10.2 Å². The Kier molecular flexibility index (Phi) is 3.72. The number of nitrogens with zero attached hydrogens (tertiary/aromatic N) is 2. The second-order valence-electron chi connectivity index (χ2n) is 5.90. The van der Waals surface area contributed by atoms with Gasteiger partial charge in [-0.3, -0.25) is 4.79 Å². The normalized spacial score (nSPS) is 17.5. The van der Waals surface area contributed by atoms with Gasteiger partial charge >= 0.3 is 0 Å². The van der Waals surface area contributed by atoms with Crippen molar-refractivity contribution < 1.29 is 13.9 Å². The molecule has 0 spiro atoms. The van der Waals surface area contributed by atoms with Crippen LogP contribution >= 0.6 is 0 Å². The van der Waals surface area contributed by atoms with Gasteiger partial charge in [0.05, 0.1) is 18.3 Å². The van der Waals surface area contributed by atoms with Crippen molar-refractivity contribution in [2.75, 3.05) is 11.9 Å². The lowest BCUT2D eigenvalue weighted by atomic mass is 10.2. The molecule has 0 aliphatic carbocycles. The van der Waals surface area contributed by atoms with Crippen molar-refractivity contribution >= 4 is 22.9 Å². The first-order valence-corrected chi connectivity index (χ1v) is 7.91. The number of fused-ring (bicyclic) bond motifs is 2. The Labute approximate surface area is 142 Å². The van der Waals surface area contributed by atoms with Crippen LogP contribution in [0.5, 0.6) is 5.75 Å². The van der Waals surface area contributed by atoms with Crippen LogP contribution in [0.15, 0.2) is 30.6 Å². The topological polar surface area (TPSA) is 91.9 Å². The maximum Gasteiger partial charge on any atom is 0.255 e. The number of amides is 1.